The van der Waals surface area contributed by atoms with Gasteiger partial charge in [-0.1, -0.05) is 41.4 Å². The third-order valence-corrected chi connectivity index (χ3v) is 2.98. The molecule has 0 aromatic heterocycles. The monoisotopic (exact) mass is 249 g/mol. The van der Waals surface area contributed by atoms with Crippen molar-refractivity contribution < 1.29 is 0 Å². The van der Waals surface area contributed by atoms with Crippen molar-refractivity contribution in [3.05, 3.63) is 65.0 Å². The van der Waals surface area contributed by atoms with Gasteiger partial charge in [0.25, 0.3) is 0 Å². The Balaban J connectivity index is 2.53. The van der Waals surface area contributed by atoms with Crippen molar-refractivity contribution in [2.75, 3.05) is 0 Å². The van der Waals surface area contributed by atoms with Crippen molar-refractivity contribution in [2.24, 2.45) is 0 Å². The average Bonchev–Trinajstić information content (AvgIpc) is 2.30. The van der Waals surface area contributed by atoms with E-state index in [1.165, 1.54) is 5.56 Å². The zero-order chi connectivity index (χ0) is 11.5. The molecule has 2 heteroatoms. The minimum absolute atomic E-state index is 0.738. The maximum Gasteiger partial charge on any atom is 0.0412 e. The molecule has 0 aliphatic heterocycles. The summed E-state index contributed by atoms with van der Waals surface area (Å²) >= 11 is 11.9. The van der Waals surface area contributed by atoms with E-state index in [1.807, 2.05) is 42.5 Å². The molecule has 0 aliphatic carbocycles. The second kappa shape index (κ2) is 4.90. The van der Waals surface area contributed by atoms with Gasteiger partial charge in [0.2, 0.25) is 0 Å². The molecule has 0 aliphatic rings. The molecule has 1 radical (unpaired) electrons. The highest BCUT2D eigenvalue weighted by Gasteiger charge is 2.04. The second-order valence-corrected chi connectivity index (χ2v) is 4.43. The summed E-state index contributed by atoms with van der Waals surface area (Å²) in [6, 6.07) is 13.6. The summed E-state index contributed by atoms with van der Waals surface area (Å²) in [7, 11) is 0. The third kappa shape index (κ3) is 2.40. The predicted molar refractivity (Wildman–Crippen MR) is 71.0 cm³/mol. The van der Waals surface area contributed by atoms with Crippen LogP contribution in [0.15, 0.2) is 42.5 Å². The highest BCUT2D eigenvalue weighted by molar-refractivity contribution is 6.31. The quantitative estimate of drug-likeness (QED) is 0.700. The lowest BCUT2D eigenvalue weighted by atomic mass is 9.98. The Morgan fingerprint density at radius 2 is 1.50 bits per heavy atom. The lowest BCUT2D eigenvalue weighted by Crippen LogP contribution is -1.87. The van der Waals surface area contributed by atoms with Gasteiger partial charge in [-0.3, -0.25) is 0 Å². The molecule has 0 unspecified atom stereocenters. The molecule has 2 aromatic carbocycles. The van der Waals surface area contributed by atoms with Gasteiger partial charge in [0, 0.05) is 10.0 Å². The van der Waals surface area contributed by atoms with Gasteiger partial charge in [-0.15, -0.1) is 0 Å². The van der Waals surface area contributed by atoms with Crippen LogP contribution in [0.5, 0.6) is 0 Å². The van der Waals surface area contributed by atoms with Crippen LogP contribution >= 0.6 is 23.2 Å². The lowest BCUT2D eigenvalue weighted by molar-refractivity contribution is 1.27. The van der Waals surface area contributed by atoms with Crippen LogP contribution < -0.4 is 0 Å². The number of benzene rings is 2. The Hall–Kier alpha value is -0.980. The van der Waals surface area contributed by atoms with Crippen LogP contribution in [0.2, 0.25) is 10.0 Å². The van der Waals surface area contributed by atoms with Gasteiger partial charge in [-0.25, -0.2) is 0 Å². The van der Waals surface area contributed by atoms with E-state index in [-0.39, 0.29) is 0 Å². The normalized spacial score (nSPS) is 10.4. The van der Waals surface area contributed by atoms with Gasteiger partial charge in [-0.05, 0) is 54.3 Å². The zero-order valence-corrected chi connectivity index (χ0v) is 10.2. The van der Waals surface area contributed by atoms with Crippen LogP contribution in [-0.4, -0.2) is 0 Å². The van der Waals surface area contributed by atoms with Crippen LogP contribution in [0, 0.1) is 6.92 Å². The highest BCUT2D eigenvalue weighted by Crippen LogP contribution is 2.28. The van der Waals surface area contributed by atoms with E-state index in [1.54, 1.807) is 0 Å². The van der Waals surface area contributed by atoms with E-state index < -0.39 is 0 Å². The first-order chi connectivity index (χ1) is 7.70. The molecule has 0 amide bonds. The average molecular weight is 250 g/mol. The second-order valence-electron chi connectivity index (χ2n) is 3.56. The van der Waals surface area contributed by atoms with Crippen LogP contribution in [0.1, 0.15) is 5.56 Å². The molecular formula is C14H11Cl2. The zero-order valence-electron chi connectivity index (χ0n) is 8.71. The molecule has 0 saturated heterocycles. The summed E-state index contributed by atoms with van der Waals surface area (Å²) < 4.78 is 0. The van der Waals surface area contributed by atoms with Gasteiger partial charge in [-0.2, -0.15) is 0 Å². The lowest BCUT2D eigenvalue weighted by Gasteiger charge is -2.08. The van der Waals surface area contributed by atoms with E-state index in [0.717, 1.165) is 27.6 Å². The molecule has 0 N–H and O–H groups in total. The predicted octanol–water partition coefficient (Wildman–Crippen LogP) is 5.04. The molecule has 2 aromatic rings. The Morgan fingerprint density at radius 1 is 0.875 bits per heavy atom. The molecule has 0 nitrogen and oxygen atoms in total. The molecule has 16 heavy (non-hydrogen) atoms. The smallest absolute Gasteiger partial charge is 0.0412 e. The fraction of sp³-hybridized carbons (Fsp3) is 0.0714. The van der Waals surface area contributed by atoms with Crippen molar-refractivity contribution in [2.45, 2.75) is 6.42 Å². The molecule has 0 fully saturated rings. The van der Waals surface area contributed by atoms with E-state index in [2.05, 4.69) is 6.92 Å². The van der Waals surface area contributed by atoms with Crippen LogP contribution in [-0.2, 0) is 6.42 Å². The Morgan fingerprint density at radius 3 is 2.12 bits per heavy atom. The van der Waals surface area contributed by atoms with Crippen molar-refractivity contribution in [3.63, 3.8) is 0 Å². The molecule has 2 rings (SSSR count). The van der Waals surface area contributed by atoms with Gasteiger partial charge < -0.3 is 0 Å². The molecule has 0 atom stereocenters. The number of hydrogen-bond acceptors (Lipinski definition) is 0. The first-order valence-corrected chi connectivity index (χ1v) is 5.80. The summed E-state index contributed by atoms with van der Waals surface area (Å²) in [6.45, 7) is 3.92. The molecule has 0 bridgehead atoms. The Labute approximate surface area is 106 Å². The van der Waals surface area contributed by atoms with E-state index in [0.29, 0.717) is 0 Å². The maximum absolute atomic E-state index is 6.01. The summed E-state index contributed by atoms with van der Waals surface area (Å²) in [5.74, 6) is 0. The fourth-order valence-corrected chi connectivity index (χ4v) is 1.96. The highest BCUT2D eigenvalue weighted by atomic mass is 35.5. The summed E-state index contributed by atoms with van der Waals surface area (Å²) in [6.07, 6.45) is 0.745. The largest absolute Gasteiger partial charge is 0.0843 e. The minimum atomic E-state index is 0.738. The molecular weight excluding hydrogens is 239 g/mol. The van der Waals surface area contributed by atoms with Crippen LogP contribution in [0.4, 0.5) is 0 Å². The van der Waals surface area contributed by atoms with Gasteiger partial charge in [0.1, 0.15) is 0 Å². The Kier molecular flexibility index (Phi) is 3.52. The van der Waals surface area contributed by atoms with E-state index >= 15 is 0 Å². The topological polar surface area (TPSA) is 0 Å². The van der Waals surface area contributed by atoms with Gasteiger partial charge in [0.15, 0.2) is 0 Å². The number of hydrogen-bond donors (Lipinski definition) is 0. The first-order valence-electron chi connectivity index (χ1n) is 5.04. The van der Waals surface area contributed by atoms with Crippen LogP contribution in [0.25, 0.3) is 11.1 Å². The fourth-order valence-electron chi connectivity index (χ4n) is 1.66. The molecule has 0 saturated carbocycles. The third-order valence-electron chi connectivity index (χ3n) is 2.50. The van der Waals surface area contributed by atoms with E-state index in [4.69, 9.17) is 23.2 Å². The minimum Gasteiger partial charge on any atom is -0.0843 e. The van der Waals surface area contributed by atoms with Crippen molar-refractivity contribution in [3.8, 4) is 11.1 Å². The van der Waals surface area contributed by atoms with E-state index in [9.17, 15) is 0 Å². The number of halogens is 2. The molecule has 81 valence electrons. The molecule has 0 heterocycles. The van der Waals surface area contributed by atoms with Gasteiger partial charge in [0.05, 0.1) is 0 Å². The maximum atomic E-state index is 6.01. The van der Waals surface area contributed by atoms with Crippen molar-refractivity contribution in [1.82, 2.24) is 0 Å². The van der Waals surface area contributed by atoms with Crippen LogP contribution in [0.3, 0.4) is 0 Å². The molecule has 0 spiro atoms. The number of rotatable bonds is 2. The Bertz CT molecular complexity index is 487. The van der Waals surface area contributed by atoms with Crippen molar-refractivity contribution >= 4 is 23.2 Å². The summed E-state index contributed by atoms with van der Waals surface area (Å²) in [5.41, 5.74) is 3.43. The summed E-state index contributed by atoms with van der Waals surface area (Å²) in [5, 5.41) is 1.48. The first kappa shape index (κ1) is 11.5. The standard InChI is InChI=1S/C14H11Cl2/c1-2-10-3-8-13(16)9-14(10)11-4-6-12(15)7-5-11/h3-9H,1-2H2. The SMILES string of the molecule is [CH2]Cc1ccc(Cl)cc1-c1ccc(Cl)cc1. The van der Waals surface area contributed by atoms with Gasteiger partial charge >= 0.3 is 0 Å². The van der Waals surface area contributed by atoms with Crippen molar-refractivity contribution in [1.29, 1.82) is 0 Å². The summed E-state index contributed by atoms with van der Waals surface area (Å²) in [4.78, 5) is 0.